The molecule has 194 valence electrons. The number of hydrogen-bond acceptors (Lipinski definition) is 7. The summed E-state index contributed by atoms with van der Waals surface area (Å²) in [5, 5.41) is 6.81. The van der Waals surface area contributed by atoms with Gasteiger partial charge in [-0.3, -0.25) is 9.36 Å². The number of halogens is 1. The number of ether oxygens (including phenoxy) is 1. The van der Waals surface area contributed by atoms with E-state index in [2.05, 4.69) is 20.9 Å². The fraction of sp³-hybridized carbons (Fsp3) is 0.103. The first-order valence-electron chi connectivity index (χ1n) is 12.0. The average molecular weight is 618 g/mol. The molecule has 0 amide bonds. The Kier molecular flexibility index (Phi) is 6.76. The van der Waals surface area contributed by atoms with Crippen LogP contribution in [0.25, 0.3) is 23.0 Å². The Balaban J connectivity index is 1.56. The van der Waals surface area contributed by atoms with Crippen LogP contribution in [-0.4, -0.2) is 27.4 Å². The summed E-state index contributed by atoms with van der Waals surface area (Å²) in [6.07, 6.45) is 3.78. The first-order valence-corrected chi connectivity index (χ1v) is 14.5. The number of carbonyl (C=O) groups is 1. The van der Waals surface area contributed by atoms with E-state index < -0.39 is 12.0 Å². The molecular weight excluding hydrogens is 596 g/mol. The number of carbonyl (C=O) groups excluding carboxylic acids is 1. The largest absolute Gasteiger partial charge is 0.466 e. The molecule has 0 saturated heterocycles. The van der Waals surface area contributed by atoms with Crippen LogP contribution in [0.5, 0.6) is 0 Å². The van der Waals surface area contributed by atoms with E-state index in [-0.39, 0.29) is 5.56 Å². The van der Waals surface area contributed by atoms with E-state index in [1.54, 1.807) is 11.5 Å². The van der Waals surface area contributed by atoms with Crippen molar-refractivity contribution in [2.75, 3.05) is 7.11 Å². The van der Waals surface area contributed by atoms with Crippen molar-refractivity contribution in [3.05, 3.63) is 124 Å². The summed E-state index contributed by atoms with van der Waals surface area (Å²) in [7, 11) is 1.34. The number of esters is 1. The van der Waals surface area contributed by atoms with Crippen molar-refractivity contribution in [3.63, 3.8) is 0 Å². The summed E-state index contributed by atoms with van der Waals surface area (Å²) in [5.41, 5.74) is 4.06. The van der Waals surface area contributed by atoms with Crippen molar-refractivity contribution in [3.8, 4) is 16.9 Å². The van der Waals surface area contributed by atoms with Gasteiger partial charge in [0.05, 0.1) is 34.3 Å². The SMILES string of the molecule is COC(=O)C1=C(C)N=c2s/c(=C\c3cn(-c4ccccc4)nc3-c3ccc(Br)cc3)c(=O)n2C1c1cccs1. The predicted molar refractivity (Wildman–Crippen MR) is 157 cm³/mol. The quantitative estimate of drug-likeness (QED) is 0.258. The molecule has 0 radical (unpaired) electrons. The zero-order chi connectivity index (χ0) is 27.1. The summed E-state index contributed by atoms with van der Waals surface area (Å²) >= 11 is 6.28. The Morgan fingerprint density at radius 2 is 1.85 bits per heavy atom. The fourth-order valence-electron chi connectivity index (χ4n) is 4.59. The molecule has 1 atom stereocenters. The molecule has 1 unspecified atom stereocenters. The number of nitrogens with zero attached hydrogens (tertiary/aromatic N) is 4. The van der Waals surface area contributed by atoms with E-state index in [0.717, 1.165) is 31.9 Å². The molecular formula is C29H21BrN4O3S2. The van der Waals surface area contributed by atoms with E-state index in [1.165, 1.54) is 29.8 Å². The predicted octanol–water partition coefficient (Wildman–Crippen LogP) is 5.08. The summed E-state index contributed by atoms with van der Waals surface area (Å²) in [6.45, 7) is 1.78. The third-order valence-electron chi connectivity index (χ3n) is 6.41. The maximum absolute atomic E-state index is 13.9. The standard InChI is InChI=1S/C29H21BrN4O3S2/c1-17-24(28(36)37-2)26(22-9-6-14-38-22)34-27(35)23(39-29(34)31-17)15-19-16-33(21-7-4-3-5-8-21)32-25(19)18-10-12-20(30)13-11-18/h3-16,26H,1-2H3/b23-15-. The van der Waals surface area contributed by atoms with E-state index in [1.807, 2.05) is 89.1 Å². The highest BCUT2D eigenvalue weighted by atomic mass is 79.9. The maximum Gasteiger partial charge on any atom is 0.338 e. The molecule has 3 aromatic heterocycles. The number of hydrogen-bond donors (Lipinski definition) is 0. The van der Waals surface area contributed by atoms with Crippen LogP contribution in [-0.2, 0) is 9.53 Å². The van der Waals surface area contributed by atoms with Crippen molar-refractivity contribution in [1.82, 2.24) is 14.3 Å². The topological polar surface area (TPSA) is 78.5 Å². The normalized spacial score (nSPS) is 15.3. The molecule has 7 nitrogen and oxygen atoms in total. The van der Waals surface area contributed by atoms with Crippen molar-refractivity contribution in [2.24, 2.45) is 4.99 Å². The van der Waals surface area contributed by atoms with Gasteiger partial charge < -0.3 is 4.74 Å². The van der Waals surface area contributed by atoms with Crippen LogP contribution in [0.4, 0.5) is 0 Å². The molecule has 4 heterocycles. The molecule has 0 bridgehead atoms. The van der Waals surface area contributed by atoms with Gasteiger partial charge in [0.15, 0.2) is 4.80 Å². The fourth-order valence-corrected chi connectivity index (χ4v) is 6.71. The zero-order valence-corrected chi connectivity index (χ0v) is 24.1. The van der Waals surface area contributed by atoms with E-state index >= 15 is 0 Å². The van der Waals surface area contributed by atoms with Gasteiger partial charge in [-0.15, -0.1) is 11.3 Å². The van der Waals surface area contributed by atoms with Crippen LogP contribution in [0.15, 0.2) is 104 Å². The molecule has 0 saturated carbocycles. The van der Waals surface area contributed by atoms with Gasteiger partial charge in [0, 0.05) is 26.7 Å². The van der Waals surface area contributed by atoms with Gasteiger partial charge in [-0.25, -0.2) is 14.5 Å². The highest BCUT2D eigenvalue weighted by molar-refractivity contribution is 9.10. The van der Waals surface area contributed by atoms with Crippen LogP contribution in [0.3, 0.4) is 0 Å². The van der Waals surface area contributed by atoms with Crippen LogP contribution in [0.1, 0.15) is 23.4 Å². The smallest absolute Gasteiger partial charge is 0.338 e. The Hall–Kier alpha value is -3.86. The molecule has 1 aliphatic heterocycles. The van der Waals surface area contributed by atoms with Crippen molar-refractivity contribution in [2.45, 2.75) is 13.0 Å². The molecule has 0 N–H and O–H groups in total. The molecule has 0 aliphatic carbocycles. The minimum Gasteiger partial charge on any atom is -0.466 e. The van der Waals surface area contributed by atoms with Gasteiger partial charge in [0.1, 0.15) is 6.04 Å². The Morgan fingerprint density at radius 3 is 2.54 bits per heavy atom. The van der Waals surface area contributed by atoms with Gasteiger partial charge >= 0.3 is 5.97 Å². The van der Waals surface area contributed by atoms with Gasteiger partial charge in [-0.2, -0.15) is 5.10 Å². The van der Waals surface area contributed by atoms with Crippen LogP contribution in [0.2, 0.25) is 0 Å². The summed E-state index contributed by atoms with van der Waals surface area (Å²) in [6, 6.07) is 21.0. The molecule has 1 aliphatic rings. The minimum absolute atomic E-state index is 0.222. The van der Waals surface area contributed by atoms with Gasteiger partial charge in [0.2, 0.25) is 0 Å². The number of rotatable bonds is 5. The third-order valence-corrected chi connectivity index (χ3v) is 8.84. The van der Waals surface area contributed by atoms with Crippen molar-refractivity contribution < 1.29 is 9.53 Å². The number of aromatic nitrogens is 3. The zero-order valence-electron chi connectivity index (χ0n) is 20.9. The number of fused-ring (bicyclic) bond motifs is 1. The summed E-state index contributed by atoms with van der Waals surface area (Å²) in [5.74, 6) is -0.495. The molecule has 10 heteroatoms. The van der Waals surface area contributed by atoms with Crippen LogP contribution < -0.4 is 14.9 Å². The monoisotopic (exact) mass is 616 g/mol. The second-order valence-corrected chi connectivity index (χ2v) is 11.7. The second kappa shape index (κ2) is 10.4. The maximum atomic E-state index is 13.9. The first kappa shape index (κ1) is 25.4. The molecule has 6 rings (SSSR count). The Labute approximate surface area is 239 Å². The lowest BCUT2D eigenvalue weighted by atomic mass is 10.0. The molecule has 0 spiro atoms. The lowest BCUT2D eigenvalue weighted by molar-refractivity contribution is -0.136. The number of methoxy groups -OCH3 is 1. The van der Waals surface area contributed by atoms with Crippen molar-refractivity contribution in [1.29, 1.82) is 0 Å². The summed E-state index contributed by atoms with van der Waals surface area (Å²) in [4.78, 5) is 32.8. The highest BCUT2D eigenvalue weighted by Crippen LogP contribution is 2.33. The summed E-state index contributed by atoms with van der Waals surface area (Å²) < 4.78 is 9.96. The highest BCUT2D eigenvalue weighted by Gasteiger charge is 2.33. The van der Waals surface area contributed by atoms with Gasteiger partial charge in [-0.1, -0.05) is 63.7 Å². The molecule has 39 heavy (non-hydrogen) atoms. The minimum atomic E-state index is -0.603. The molecule has 5 aromatic rings. The number of thiazole rings is 1. The number of benzene rings is 2. The lowest BCUT2D eigenvalue weighted by Gasteiger charge is -2.22. The Bertz CT molecular complexity index is 1900. The average Bonchev–Trinajstić information content (AvgIpc) is 3.69. The van der Waals surface area contributed by atoms with E-state index in [4.69, 9.17) is 9.84 Å². The number of allylic oxidation sites excluding steroid dienone is 1. The van der Waals surface area contributed by atoms with E-state index in [0.29, 0.717) is 20.6 Å². The van der Waals surface area contributed by atoms with Gasteiger partial charge in [-0.05, 0) is 48.7 Å². The van der Waals surface area contributed by atoms with Gasteiger partial charge in [0.25, 0.3) is 5.56 Å². The first-order chi connectivity index (χ1) is 18.9. The second-order valence-electron chi connectivity index (χ2n) is 8.81. The van der Waals surface area contributed by atoms with Crippen LogP contribution >= 0.6 is 38.6 Å². The van der Waals surface area contributed by atoms with Crippen LogP contribution in [0, 0.1) is 0 Å². The molecule has 2 aromatic carbocycles. The molecule has 0 fully saturated rings. The number of thiophene rings is 1. The van der Waals surface area contributed by atoms with Crippen molar-refractivity contribution >= 4 is 50.6 Å². The van der Waals surface area contributed by atoms with E-state index in [9.17, 15) is 9.59 Å². The Morgan fingerprint density at radius 1 is 1.08 bits per heavy atom. The lowest BCUT2D eigenvalue weighted by Crippen LogP contribution is -2.39. The number of para-hydroxylation sites is 1. The third kappa shape index (κ3) is 4.64.